The van der Waals surface area contributed by atoms with Crippen LogP contribution in [0.15, 0.2) is 113 Å². The summed E-state index contributed by atoms with van der Waals surface area (Å²) in [4.78, 5) is 35.5. The lowest BCUT2D eigenvalue weighted by atomic mass is 9.74. The van der Waals surface area contributed by atoms with E-state index in [0.717, 1.165) is 74.5 Å². The molecule has 0 radical (unpaired) electrons. The zero-order valence-electron chi connectivity index (χ0n) is 38.9. The molecule has 1 saturated carbocycles. The predicted molar refractivity (Wildman–Crippen MR) is 269 cm³/mol. The molecule has 5 aromatic rings. The van der Waals surface area contributed by atoms with Gasteiger partial charge in [0.2, 0.25) is 5.91 Å². The Morgan fingerprint density at radius 3 is 2.00 bits per heavy atom. The van der Waals surface area contributed by atoms with Gasteiger partial charge in [0.05, 0.1) is 21.3 Å². The Morgan fingerprint density at radius 2 is 1.33 bits per heavy atom. The summed E-state index contributed by atoms with van der Waals surface area (Å²) in [5.74, 6) is 0.0643. The summed E-state index contributed by atoms with van der Waals surface area (Å²) in [6.45, 7) is 2.92. The van der Waals surface area contributed by atoms with E-state index in [2.05, 4.69) is 5.32 Å². The van der Waals surface area contributed by atoms with Crippen molar-refractivity contribution < 1.29 is 26.4 Å². The van der Waals surface area contributed by atoms with Gasteiger partial charge in [0.15, 0.2) is 19.7 Å². The summed E-state index contributed by atoms with van der Waals surface area (Å²) in [5, 5.41) is 20.8. The number of fused-ring (bicyclic) bond motifs is 3. The number of sulfone groups is 2. The first-order chi connectivity index (χ1) is 33.2. The number of amides is 2. The summed E-state index contributed by atoms with van der Waals surface area (Å²) < 4.78 is 55.5. The number of likely N-dealkylation sites (tertiary alicyclic amines) is 2. The number of benzene rings is 4. The van der Waals surface area contributed by atoms with Crippen LogP contribution in [0.1, 0.15) is 78.5 Å². The van der Waals surface area contributed by atoms with Crippen molar-refractivity contribution in [2.75, 3.05) is 49.1 Å². The molecule has 4 aliphatic rings. The van der Waals surface area contributed by atoms with E-state index in [-0.39, 0.29) is 75.9 Å². The molecule has 17 heteroatoms. The number of anilines is 1. The van der Waals surface area contributed by atoms with Gasteiger partial charge in [-0.15, -0.1) is 0 Å². The van der Waals surface area contributed by atoms with Crippen LogP contribution in [0.4, 0.5) is 5.69 Å². The molecular weight excluding hydrogens is 911 g/mol. The highest BCUT2D eigenvalue weighted by Crippen LogP contribution is 2.38. The molecule has 0 bridgehead atoms. The molecular formula is C52H63N9O6S2. The smallest absolute Gasteiger partial charge is 0.270 e. The quantitative estimate of drug-likeness (QED) is 0.0609. The van der Waals surface area contributed by atoms with Crippen molar-refractivity contribution in [3.63, 3.8) is 0 Å². The van der Waals surface area contributed by atoms with Crippen LogP contribution in [0.5, 0.6) is 0 Å². The highest BCUT2D eigenvalue weighted by Gasteiger charge is 2.42. The van der Waals surface area contributed by atoms with Crippen LogP contribution < -0.4 is 21.7 Å². The Kier molecular flexibility index (Phi) is 14.0. The van der Waals surface area contributed by atoms with E-state index < -0.39 is 25.7 Å². The summed E-state index contributed by atoms with van der Waals surface area (Å²) in [7, 11) is -7.25. The molecule has 4 heterocycles. The molecule has 1 aliphatic carbocycles. The van der Waals surface area contributed by atoms with E-state index >= 15 is 0 Å². The number of aryl methyl sites for hydroxylation is 1. The van der Waals surface area contributed by atoms with Crippen molar-refractivity contribution in [3.8, 4) is 0 Å². The van der Waals surface area contributed by atoms with Crippen molar-refractivity contribution >= 4 is 59.8 Å². The molecule has 3 aliphatic heterocycles. The summed E-state index contributed by atoms with van der Waals surface area (Å²) in [5.41, 5.74) is 15.6. The number of nitrogens with zero attached hydrogens (tertiary/aromatic N) is 4. The third-order valence-electron chi connectivity index (χ3n) is 15.1. The molecule has 364 valence electrons. The van der Waals surface area contributed by atoms with Gasteiger partial charge in [0, 0.05) is 78.9 Å². The minimum atomic E-state index is -3.65. The van der Waals surface area contributed by atoms with Gasteiger partial charge in [-0.2, -0.15) is 0 Å². The van der Waals surface area contributed by atoms with Crippen LogP contribution in [0.3, 0.4) is 0 Å². The Balaban J connectivity index is 0.820. The fourth-order valence-corrected chi connectivity index (χ4v) is 13.9. The van der Waals surface area contributed by atoms with E-state index in [4.69, 9.17) is 22.3 Å². The fourth-order valence-electron chi connectivity index (χ4n) is 11.4. The third kappa shape index (κ3) is 10.2. The first-order valence-corrected chi connectivity index (χ1v) is 27.6. The second-order valence-electron chi connectivity index (χ2n) is 19.2. The standard InChI is InChI=1S/C52H63N9O6S2/c53-49(54)38-18-16-36-31-47(59(45(36)33-38)27-29-68(64,65)40-9-3-1-4-10-40)51(62)58-25-21-35(22-26-58)20-23-57-43-14-7-15-44-42(43)13-8-24-61(44)52(63)48-32-37-17-19-39(50(55)56)34-46(37)60(48)28-30-69(66,67)41-11-5-2-6-12-41/h1-6,9-12,16-19,32-35,42-44,47,57H,7-8,13-15,20-31H2,(H3,53,54)(H3,55,56). The first-order valence-electron chi connectivity index (χ1n) is 24.3. The van der Waals surface area contributed by atoms with E-state index in [0.29, 0.717) is 54.3 Å². The Hall–Kier alpha value is -6.04. The minimum Gasteiger partial charge on any atom is -0.384 e. The summed E-state index contributed by atoms with van der Waals surface area (Å²) in [6, 6.07) is 29.2. The predicted octanol–water partition coefficient (Wildman–Crippen LogP) is 5.58. The van der Waals surface area contributed by atoms with E-state index in [1.807, 2.05) is 32.9 Å². The third-order valence-corrected chi connectivity index (χ3v) is 18.5. The van der Waals surface area contributed by atoms with Gasteiger partial charge in [-0.3, -0.25) is 20.4 Å². The maximum Gasteiger partial charge on any atom is 0.270 e. The van der Waals surface area contributed by atoms with Crippen LogP contribution in [0.25, 0.3) is 10.9 Å². The number of hydrogen-bond acceptors (Lipinski definition) is 10. The van der Waals surface area contributed by atoms with E-state index in [1.54, 1.807) is 89.5 Å². The maximum absolute atomic E-state index is 14.8. The number of amidine groups is 2. The van der Waals surface area contributed by atoms with Gasteiger partial charge in [-0.05, 0) is 118 Å². The SMILES string of the molecule is N=C(N)c1ccc2c(c1)N(CCS(=O)(=O)c1ccccc1)C(C(=O)N1CCC(CCNC3CCCC4C3CCCN4C(=O)c3cc4ccc(C(=N)N)cc4n3CCS(=O)(=O)c3ccccc3)CC1)C2. The molecule has 2 saturated heterocycles. The van der Waals surface area contributed by atoms with Crippen molar-refractivity contribution in [1.82, 2.24) is 19.7 Å². The average molecular weight is 974 g/mol. The second kappa shape index (κ2) is 20.1. The number of rotatable bonds is 16. The monoisotopic (exact) mass is 973 g/mol. The van der Waals surface area contributed by atoms with Gasteiger partial charge >= 0.3 is 0 Å². The highest BCUT2D eigenvalue weighted by atomic mass is 32.2. The van der Waals surface area contributed by atoms with Crippen LogP contribution >= 0.6 is 0 Å². The lowest BCUT2D eigenvalue weighted by molar-refractivity contribution is -0.133. The van der Waals surface area contributed by atoms with Crippen LogP contribution in [-0.4, -0.2) is 117 Å². The number of nitrogens with two attached hydrogens (primary N) is 2. The number of aromatic nitrogens is 1. The fraction of sp³-hybridized carbons (Fsp3) is 0.423. The summed E-state index contributed by atoms with van der Waals surface area (Å²) >= 11 is 0. The van der Waals surface area contributed by atoms with Crippen molar-refractivity contribution in [2.45, 2.75) is 92.2 Å². The number of nitrogen functional groups attached to an aromatic ring is 2. The van der Waals surface area contributed by atoms with E-state index in [9.17, 15) is 26.4 Å². The normalized spacial score (nSPS) is 21.0. The zero-order chi connectivity index (χ0) is 48.5. The van der Waals surface area contributed by atoms with Gasteiger partial charge in [0.1, 0.15) is 23.4 Å². The molecule has 7 N–H and O–H groups in total. The van der Waals surface area contributed by atoms with Crippen LogP contribution in [-0.2, 0) is 37.4 Å². The highest BCUT2D eigenvalue weighted by molar-refractivity contribution is 7.91. The van der Waals surface area contributed by atoms with Crippen molar-refractivity contribution in [2.24, 2.45) is 23.3 Å². The molecule has 4 atom stereocenters. The Labute approximate surface area is 405 Å². The van der Waals surface area contributed by atoms with E-state index in [1.165, 1.54) is 0 Å². The van der Waals surface area contributed by atoms with Crippen LogP contribution in [0, 0.1) is 22.7 Å². The molecule has 2 amide bonds. The van der Waals surface area contributed by atoms with Gasteiger partial charge < -0.3 is 36.1 Å². The Bertz CT molecular complexity index is 2960. The topological polar surface area (TPSA) is 229 Å². The van der Waals surface area contributed by atoms with Crippen LogP contribution in [0.2, 0.25) is 0 Å². The Morgan fingerprint density at radius 1 is 0.696 bits per heavy atom. The molecule has 9 rings (SSSR count). The maximum atomic E-state index is 14.8. The van der Waals surface area contributed by atoms with Gasteiger partial charge in [-0.1, -0.05) is 60.7 Å². The zero-order valence-corrected chi connectivity index (χ0v) is 40.6. The van der Waals surface area contributed by atoms with Crippen molar-refractivity contribution in [3.05, 3.63) is 126 Å². The number of carbonyl (C=O) groups is 2. The van der Waals surface area contributed by atoms with Gasteiger partial charge in [-0.25, -0.2) is 16.8 Å². The average Bonchev–Trinajstić information content (AvgIpc) is 3.93. The number of hydrogen-bond donors (Lipinski definition) is 5. The molecule has 1 aromatic heterocycles. The molecule has 4 unspecified atom stereocenters. The molecule has 15 nitrogen and oxygen atoms in total. The molecule has 69 heavy (non-hydrogen) atoms. The molecule has 0 spiro atoms. The van der Waals surface area contributed by atoms with Crippen molar-refractivity contribution in [1.29, 1.82) is 10.8 Å². The summed E-state index contributed by atoms with van der Waals surface area (Å²) in [6.07, 6.45) is 7.99. The second-order valence-corrected chi connectivity index (χ2v) is 23.4. The lowest BCUT2D eigenvalue weighted by Crippen LogP contribution is -2.57. The molecule has 4 aromatic carbocycles. The van der Waals surface area contributed by atoms with Gasteiger partial charge in [0.25, 0.3) is 5.91 Å². The minimum absolute atomic E-state index is 0.00713. The lowest BCUT2D eigenvalue weighted by Gasteiger charge is -2.48. The number of piperidine rings is 2. The largest absolute Gasteiger partial charge is 0.384 e. The number of carbonyl (C=O) groups excluding carboxylic acids is 2. The molecule has 3 fully saturated rings. The number of nitrogens with one attached hydrogen (secondary N) is 3. The first kappa shape index (κ1) is 48.0.